The van der Waals surface area contributed by atoms with Crippen LogP contribution in [0.1, 0.15) is 26.3 Å². The molecule has 9 nitrogen and oxygen atoms in total. The van der Waals surface area contributed by atoms with Gasteiger partial charge < -0.3 is 19.7 Å². The summed E-state index contributed by atoms with van der Waals surface area (Å²) in [6.45, 7) is 5.42. The molecule has 0 aliphatic carbocycles. The molecule has 0 saturated carbocycles. The van der Waals surface area contributed by atoms with E-state index in [1.807, 2.05) is 13.8 Å². The Kier molecular flexibility index (Phi) is 11.0. The Balaban J connectivity index is 2.04. The van der Waals surface area contributed by atoms with Crippen LogP contribution < -0.4 is 19.1 Å². The minimum Gasteiger partial charge on any atom is -0.493 e. The number of rotatable bonds is 13. The van der Waals surface area contributed by atoms with Crippen molar-refractivity contribution >= 4 is 39.1 Å². The molecule has 0 unspecified atom stereocenters. The molecule has 3 rings (SSSR count). The molecule has 0 radical (unpaired) electrons. The van der Waals surface area contributed by atoms with Crippen molar-refractivity contribution in [2.24, 2.45) is 5.92 Å². The van der Waals surface area contributed by atoms with Crippen molar-refractivity contribution in [1.29, 1.82) is 0 Å². The Morgan fingerprint density at radius 1 is 0.902 bits per heavy atom. The smallest absolute Gasteiger partial charge is 0.264 e. The number of benzene rings is 3. The molecule has 0 saturated heterocycles. The van der Waals surface area contributed by atoms with Crippen LogP contribution in [0.3, 0.4) is 0 Å². The van der Waals surface area contributed by atoms with E-state index in [2.05, 4.69) is 5.32 Å². The molecule has 0 fully saturated rings. The molecule has 0 spiro atoms. The lowest BCUT2D eigenvalue weighted by Gasteiger charge is -2.32. The molecular formula is C30H36ClN3O6S. The highest BCUT2D eigenvalue weighted by atomic mass is 35.5. The van der Waals surface area contributed by atoms with Gasteiger partial charge >= 0.3 is 0 Å². The van der Waals surface area contributed by atoms with Gasteiger partial charge in [-0.15, -0.1) is 0 Å². The van der Waals surface area contributed by atoms with Gasteiger partial charge in [-0.2, -0.15) is 0 Å². The van der Waals surface area contributed by atoms with Gasteiger partial charge in [-0.05, 0) is 48.7 Å². The number of amides is 2. The fourth-order valence-electron chi connectivity index (χ4n) is 4.07. The predicted octanol–water partition coefficient (Wildman–Crippen LogP) is 4.74. The summed E-state index contributed by atoms with van der Waals surface area (Å²) in [6, 6.07) is 18.6. The molecular weight excluding hydrogens is 566 g/mol. The van der Waals surface area contributed by atoms with Gasteiger partial charge in [-0.3, -0.25) is 13.9 Å². The second-order valence-corrected chi connectivity index (χ2v) is 12.1. The van der Waals surface area contributed by atoms with Gasteiger partial charge in [-0.1, -0.05) is 61.8 Å². The number of methoxy groups -OCH3 is 2. The lowest BCUT2D eigenvalue weighted by molar-refractivity contribution is -0.139. The molecule has 220 valence electrons. The number of sulfonamides is 1. The van der Waals surface area contributed by atoms with Crippen LogP contribution in [0.5, 0.6) is 11.5 Å². The summed E-state index contributed by atoms with van der Waals surface area (Å²) in [5.74, 6) is -0.137. The Morgan fingerprint density at radius 2 is 1.54 bits per heavy atom. The van der Waals surface area contributed by atoms with Crippen LogP contribution in [-0.2, 0) is 26.2 Å². The highest BCUT2D eigenvalue weighted by Gasteiger charge is 2.33. The number of halogens is 1. The first-order valence-electron chi connectivity index (χ1n) is 13.1. The third-order valence-electron chi connectivity index (χ3n) is 6.42. The van der Waals surface area contributed by atoms with Crippen LogP contribution in [0.15, 0.2) is 77.7 Å². The molecule has 1 atom stereocenters. The van der Waals surface area contributed by atoms with Crippen molar-refractivity contribution in [3.63, 3.8) is 0 Å². The van der Waals surface area contributed by atoms with Crippen LogP contribution >= 0.6 is 11.6 Å². The molecule has 0 bridgehead atoms. The van der Waals surface area contributed by atoms with Gasteiger partial charge in [0.2, 0.25) is 11.8 Å². The fraction of sp³-hybridized carbons (Fsp3) is 0.333. The number of carbonyl (C=O) groups excluding carboxylic acids is 2. The number of anilines is 1. The van der Waals surface area contributed by atoms with Gasteiger partial charge in [0.05, 0.1) is 24.8 Å². The third kappa shape index (κ3) is 7.92. The zero-order valence-electron chi connectivity index (χ0n) is 23.8. The molecule has 0 aromatic heterocycles. The topological polar surface area (TPSA) is 105 Å². The van der Waals surface area contributed by atoms with Gasteiger partial charge in [0.25, 0.3) is 10.0 Å². The highest BCUT2D eigenvalue weighted by Crippen LogP contribution is 2.32. The van der Waals surface area contributed by atoms with E-state index in [0.717, 1.165) is 4.31 Å². The molecule has 41 heavy (non-hydrogen) atoms. The second-order valence-electron chi connectivity index (χ2n) is 9.79. The van der Waals surface area contributed by atoms with E-state index >= 15 is 0 Å². The number of nitrogens with zero attached hydrogens (tertiary/aromatic N) is 2. The zero-order valence-corrected chi connectivity index (χ0v) is 25.4. The average Bonchev–Trinajstić information content (AvgIpc) is 2.97. The summed E-state index contributed by atoms with van der Waals surface area (Å²) >= 11 is 6.40. The van der Waals surface area contributed by atoms with Crippen LogP contribution in [-0.4, -0.2) is 58.5 Å². The summed E-state index contributed by atoms with van der Waals surface area (Å²) in [4.78, 5) is 28.3. The molecule has 2 amide bonds. The van der Waals surface area contributed by atoms with Crippen molar-refractivity contribution in [1.82, 2.24) is 10.2 Å². The molecule has 3 aromatic rings. The Labute approximate surface area is 247 Å². The lowest BCUT2D eigenvalue weighted by atomic mass is 10.1. The first-order valence-corrected chi connectivity index (χ1v) is 14.9. The van der Waals surface area contributed by atoms with Crippen molar-refractivity contribution < 1.29 is 27.5 Å². The van der Waals surface area contributed by atoms with Gasteiger partial charge in [0.1, 0.15) is 12.6 Å². The predicted molar refractivity (Wildman–Crippen MR) is 160 cm³/mol. The average molecular weight is 602 g/mol. The normalized spacial score (nSPS) is 12.0. The maximum absolute atomic E-state index is 14.0. The van der Waals surface area contributed by atoms with Crippen molar-refractivity contribution in [3.05, 3.63) is 83.4 Å². The van der Waals surface area contributed by atoms with Crippen molar-refractivity contribution in [2.45, 2.75) is 38.3 Å². The van der Waals surface area contributed by atoms with Gasteiger partial charge in [0.15, 0.2) is 11.5 Å². The summed E-state index contributed by atoms with van der Waals surface area (Å²) in [7, 11) is -1.41. The molecule has 3 aromatic carbocycles. The molecule has 0 aliphatic rings. The Morgan fingerprint density at radius 3 is 2.15 bits per heavy atom. The van der Waals surface area contributed by atoms with Gasteiger partial charge in [0, 0.05) is 24.2 Å². The largest absolute Gasteiger partial charge is 0.493 e. The number of nitrogens with one attached hydrogen (secondary N) is 1. The van der Waals surface area contributed by atoms with Crippen molar-refractivity contribution in [3.8, 4) is 11.5 Å². The van der Waals surface area contributed by atoms with E-state index in [9.17, 15) is 18.0 Å². The van der Waals surface area contributed by atoms with Crippen LogP contribution in [0, 0.1) is 5.92 Å². The monoisotopic (exact) mass is 601 g/mol. The van der Waals surface area contributed by atoms with E-state index in [-0.39, 0.29) is 34.7 Å². The van der Waals surface area contributed by atoms with E-state index < -0.39 is 28.5 Å². The summed E-state index contributed by atoms with van der Waals surface area (Å²) in [5.41, 5.74) is 0.908. The summed E-state index contributed by atoms with van der Waals surface area (Å²) < 4.78 is 39.6. The second kappa shape index (κ2) is 14.2. The number of para-hydroxylation sites is 1. The van der Waals surface area contributed by atoms with Crippen LogP contribution in [0.4, 0.5) is 5.69 Å². The third-order valence-corrected chi connectivity index (χ3v) is 8.55. The number of carbonyl (C=O) groups is 2. The van der Waals surface area contributed by atoms with E-state index in [4.69, 9.17) is 21.1 Å². The molecule has 0 aliphatic heterocycles. The van der Waals surface area contributed by atoms with Gasteiger partial charge in [-0.25, -0.2) is 8.42 Å². The number of hydrogen-bond donors (Lipinski definition) is 1. The molecule has 1 N–H and O–H groups in total. The first-order chi connectivity index (χ1) is 19.5. The zero-order chi connectivity index (χ0) is 30.2. The van der Waals surface area contributed by atoms with E-state index in [0.29, 0.717) is 22.9 Å². The van der Waals surface area contributed by atoms with Crippen LogP contribution in [0.2, 0.25) is 5.02 Å². The standard InChI is InChI=1S/C30H36ClN3O6S/c1-21(2)18-32-30(36)22(3)33(19-23-11-9-10-14-26(23)31)29(35)20-34(24-12-7-6-8-13-24)41(37,38)25-15-16-27(39-4)28(17-25)40-5/h6-17,21-22H,18-20H2,1-5H3,(H,32,36)/t22-/m1/s1. The molecule has 11 heteroatoms. The maximum atomic E-state index is 14.0. The molecule has 0 heterocycles. The summed E-state index contributed by atoms with van der Waals surface area (Å²) in [6.07, 6.45) is 0. The minimum atomic E-state index is -4.27. The van der Waals surface area contributed by atoms with Crippen LogP contribution in [0.25, 0.3) is 0 Å². The maximum Gasteiger partial charge on any atom is 0.264 e. The lowest BCUT2D eigenvalue weighted by Crippen LogP contribution is -2.51. The highest BCUT2D eigenvalue weighted by molar-refractivity contribution is 7.92. The first kappa shape index (κ1) is 31.8. The van der Waals surface area contributed by atoms with E-state index in [1.54, 1.807) is 61.5 Å². The number of ether oxygens (including phenoxy) is 2. The SMILES string of the molecule is COc1ccc(S(=O)(=O)N(CC(=O)N(Cc2ccccc2Cl)[C@H](C)C(=O)NCC(C)C)c2ccccc2)cc1OC. The quantitative estimate of drug-likeness (QED) is 0.303. The van der Waals surface area contributed by atoms with E-state index in [1.165, 1.54) is 37.3 Å². The fourth-order valence-corrected chi connectivity index (χ4v) is 5.70. The minimum absolute atomic E-state index is 0.00775. The van der Waals surface area contributed by atoms with Crippen molar-refractivity contribution in [2.75, 3.05) is 31.6 Å². The number of hydrogen-bond acceptors (Lipinski definition) is 6. The Hall–Kier alpha value is -3.76. The summed E-state index contributed by atoms with van der Waals surface area (Å²) in [5, 5.41) is 3.29. The Bertz CT molecular complexity index is 1450.